The van der Waals surface area contributed by atoms with Crippen LogP contribution in [0.15, 0.2) is 18.2 Å². The molecule has 2 heterocycles. The molecular weight excluding hydrogens is 791 g/mol. The fourth-order valence-electron chi connectivity index (χ4n) is 6.92. The first-order valence-corrected chi connectivity index (χ1v) is 22.7. The van der Waals surface area contributed by atoms with Gasteiger partial charge in [-0.25, -0.2) is 0 Å². The molecule has 4 amide bonds. The molecule has 1 atom stereocenters. The summed E-state index contributed by atoms with van der Waals surface area (Å²) in [7, 11) is 0. The normalized spacial score (nSPS) is 15.1. The van der Waals surface area contributed by atoms with E-state index in [4.69, 9.17) is 37.9 Å². The average molecular weight is 864 g/mol. The number of amides is 4. The third-order valence-corrected chi connectivity index (χ3v) is 10.2. The molecular formula is C45H73N3O13. The molecule has 16 heteroatoms. The van der Waals surface area contributed by atoms with Crippen LogP contribution in [0.25, 0.3) is 0 Å². The summed E-state index contributed by atoms with van der Waals surface area (Å²) in [4.78, 5) is 62.8. The van der Waals surface area contributed by atoms with Crippen molar-refractivity contribution in [3.8, 4) is 0 Å². The van der Waals surface area contributed by atoms with Crippen LogP contribution in [-0.4, -0.2) is 146 Å². The maximum absolute atomic E-state index is 13.2. The van der Waals surface area contributed by atoms with Gasteiger partial charge in [0, 0.05) is 25.1 Å². The molecule has 2 N–H and O–H groups in total. The van der Waals surface area contributed by atoms with Crippen molar-refractivity contribution in [2.24, 2.45) is 0 Å². The average Bonchev–Trinajstić information content (AvgIpc) is 3.51. The lowest BCUT2D eigenvalue weighted by molar-refractivity contribution is -0.145. The standard InChI is InChI=1S/C45H73N3O13/c1-2-3-4-5-6-7-8-9-10-11-12-13-14-18-41(50)61-36-35-60-34-33-59-32-31-58-30-29-57-28-27-56-26-25-55-24-23-54-22-21-46-38-17-15-16-37-42(38)45(53)48(44(37)52)39-19-20-40(49)47-43(39)51/h15-17,39,46H,2-14,18-36H2,1H3,(H,47,49,51). The summed E-state index contributed by atoms with van der Waals surface area (Å²) in [6.45, 7) is 8.80. The Morgan fingerprint density at radius 2 is 1.07 bits per heavy atom. The number of benzene rings is 1. The largest absolute Gasteiger partial charge is 0.463 e. The lowest BCUT2D eigenvalue weighted by atomic mass is 10.0. The zero-order chi connectivity index (χ0) is 43.6. The lowest BCUT2D eigenvalue weighted by Gasteiger charge is -2.27. The first-order valence-electron chi connectivity index (χ1n) is 22.7. The van der Waals surface area contributed by atoms with Crippen LogP contribution in [0.4, 0.5) is 5.69 Å². The molecule has 3 rings (SSSR count). The van der Waals surface area contributed by atoms with E-state index in [1.54, 1.807) is 18.2 Å². The Kier molecular flexibility index (Phi) is 28.9. The summed E-state index contributed by atoms with van der Waals surface area (Å²) < 4.78 is 43.9. The van der Waals surface area contributed by atoms with Gasteiger partial charge in [0.25, 0.3) is 11.8 Å². The van der Waals surface area contributed by atoms with Crippen molar-refractivity contribution < 1.29 is 61.9 Å². The minimum absolute atomic E-state index is 0.0651. The predicted molar refractivity (Wildman–Crippen MR) is 229 cm³/mol. The van der Waals surface area contributed by atoms with Gasteiger partial charge in [0.15, 0.2) is 0 Å². The van der Waals surface area contributed by atoms with Gasteiger partial charge in [-0.15, -0.1) is 0 Å². The summed E-state index contributed by atoms with van der Waals surface area (Å²) >= 11 is 0. The molecule has 1 aromatic rings. The van der Waals surface area contributed by atoms with Gasteiger partial charge < -0.3 is 43.2 Å². The van der Waals surface area contributed by atoms with Crippen LogP contribution in [0.2, 0.25) is 0 Å². The van der Waals surface area contributed by atoms with Crippen molar-refractivity contribution in [3.05, 3.63) is 29.3 Å². The second kappa shape index (κ2) is 34.0. The Hall–Kier alpha value is -3.51. The first-order chi connectivity index (χ1) is 29.9. The Morgan fingerprint density at radius 1 is 0.607 bits per heavy atom. The summed E-state index contributed by atoms with van der Waals surface area (Å²) in [5.41, 5.74) is 0.906. The van der Waals surface area contributed by atoms with E-state index in [2.05, 4.69) is 17.6 Å². The van der Waals surface area contributed by atoms with Crippen molar-refractivity contribution in [3.63, 3.8) is 0 Å². The molecule has 0 spiro atoms. The van der Waals surface area contributed by atoms with Crippen LogP contribution in [0.1, 0.15) is 130 Å². The molecule has 16 nitrogen and oxygen atoms in total. The highest BCUT2D eigenvalue weighted by atomic mass is 16.6. The quantitative estimate of drug-likeness (QED) is 0.0469. The number of esters is 1. The third kappa shape index (κ3) is 22.4. The maximum Gasteiger partial charge on any atom is 0.305 e. The Balaban J connectivity index is 0.988. The molecule has 0 radical (unpaired) electrons. The van der Waals surface area contributed by atoms with E-state index in [0.717, 1.165) is 17.7 Å². The van der Waals surface area contributed by atoms with Crippen molar-refractivity contribution in [1.82, 2.24) is 10.2 Å². The number of hydrogen-bond acceptors (Lipinski definition) is 14. The highest BCUT2D eigenvalue weighted by Crippen LogP contribution is 2.32. The molecule has 0 aliphatic carbocycles. The molecule has 0 aromatic heterocycles. The van der Waals surface area contributed by atoms with Crippen molar-refractivity contribution in [1.29, 1.82) is 0 Å². The fraction of sp³-hybridized carbons (Fsp3) is 0.756. The van der Waals surface area contributed by atoms with E-state index in [1.807, 2.05) is 0 Å². The molecule has 0 saturated carbocycles. The Bertz CT molecular complexity index is 1400. The number of ether oxygens (including phenoxy) is 8. The smallest absolute Gasteiger partial charge is 0.305 e. The molecule has 346 valence electrons. The van der Waals surface area contributed by atoms with Crippen molar-refractivity contribution in [2.75, 3.05) is 111 Å². The summed E-state index contributed by atoms with van der Waals surface area (Å²) in [6, 6.07) is 3.91. The Labute approximate surface area is 362 Å². The molecule has 1 aromatic carbocycles. The van der Waals surface area contributed by atoms with Gasteiger partial charge in [-0.2, -0.15) is 0 Å². The highest BCUT2D eigenvalue weighted by Gasteiger charge is 2.45. The molecule has 0 bridgehead atoms. The van der Waals surface area contributed by atoms with Gasteiger partial charge in [0.2, 0.25) is 11.8 Å². The van der Waals surface area contributed by atoms with E-state index in [1.165, 1.54) is 70.6 Å². The molecule has 2 aliphatic heterocycles. The molecule has 1 fully saturated rings. The zero-order valence-electron chi connectivity index (χ0n) is 36.7. The minimum atomic E-state index is -1.01. The number of unbranched alkanes of at least 4 members (excludes halogenated alkanes) is 12. The maximum atomic E-state index is 13.2. The molecule has 61 heavy (non-hydrogen) atoms. The zero-order valence-corrected chi connectivity index (χ0v) is 36.7. The summed E-state index contributed by atoms with van der Waals surface area (Å²) in [6.07, 6.45) is 17.3. The number of fused-ring (bicyclic) bond motifs is 1. The van der Waals surface area contributed by atoms with E-state index in [9.17, 15) is 24.0 Å². The van der Waals surface area contributed by atoms with Crippen LogP contribution in [0.5, 0.6) is 0 Å². The SMILES string of the molecule is CCCCCCCCCCCCCCCC(=O)OCCOCCOCCOCCOCCOCCOCCOCCNc1cccc2c1C(=O)N(C1CCC(=O)NC1=O)C2=O. The van der Waals surface area contributed by atoms with Crippen molar-refractivity contribution in [2.45, 2.75) is 116 Å². The van der Waals surface area contributed by atoms with Crippen molar-refractivity contribution >= 4 is 35.3 Å². The minimum Gasteiger partial charge on any atom is -0.463 e. The molecule has 2 aliphatic rings. The summed E-state index contributed by atoms with van der Waals surface area (Å²) in [5, 5.41) is 5.34. The van der Waals surface area contributed by atoms with Gasteiger partial charge in [0.1, 0.15) is 12.6 Å². The number of anilines is 1. The van der Waals surface area contributed by atoms with Gasteiger partial charge in [-0.3, -0.25) is 34.2 Å². The highest BCUT2D eigenvalue weighted by molar-refractivity contribution is 6.25. The second-order valence-corrected chi connectivity index (χ2v) is 15.1. The molecule has 1 saturated heterocycles. The summed E-state index contributed by atoms with van der Waals surface area (Å²) in [5.74, 6) is -2.32. The van der Waals surface area contributed by atoms with Crippen LogP contribution in [0.3, 0.4) is 0 Å². The number of carbonyl (C=O) groups is 5. The first kappa shape index (κ1) is 51.8. The third-order valence-electron chi connectivity index (χ3n) is 10.2. The van der Waals surface area contributed by atoms with E-state index < -0.39 is 29.7 Å². The van der Waals surface area contributed by atoms with Crippen LogP contribution < -0.4 is 10.6 Å². The van der Waals surface area contributed by atoms with E-state index >= 15 is 0 Å². The number of rotatable bonds is 40. The van der Waals surface area contributed by atoms with Gasteiger partial charge in [-0.1, -0.05) is 90.0 Å². The van der Waals surface area contributed by atoms with Crippen LogP contribution in [-0.2, 0) is 52.3 Å². The number of nitrogens with one attached hydrogen (secondary N) is 2. The number of nitrogens with zero attached hydrogens (tertiary/aromatic N) is 1. The molecule has 1 unspecified atom stereocenters. The predicted octanol–water partition coefficient (Wildman–Crippen LogP) is 5.64. The van der Waals surface area contributed by atoms with E-state index in [0.29, 0.717) is 111 Å². The van der Waals surface area contributed by atoms with Gasteiger partial charge >= 0.3 is 5.97 Å². The van der Waals surface area contributed by atoms with Crippen LogP contribution >= 0.6 is 0 Å². The Morgan fingerprint density at radius 3 is 1.56 bits per heavy atom. The van der Waals surface area contributed by atoms with Gasteiger partial charge in [0.05, 0.1) is 104 Å². The van der Waals surface area contributed by atoms with Gasteiger partial charge in [-0.05, 0) is 25.0 Å². The number of carbonyl (C=O) groups excluding carboxylic acids is 5. The van der Waals surface area contributed by atoms with E-state index in [-0.39, 0.29) is 36.5 Å². The monoisotopic (exact) mass is 864 g/mol. The lowest BCUT2D eigenvalue weighted by Crippen LogP contribution is -2.54. The second-order valence-electron chi connectivity index (χ2n) is 15.1. The fourth-order valence-corrected chi connectivity index (χ4v) is 6.92. The number of imide groups is 2. The number of piperidine rings is 1. The van der Waals surface area contributed by atoms with Crippen LogP contribution in [0, 0.1) is 0 Å². The topological polar surface area (TPSA) is 186 Å². The number of hydrogen-bond donors (Lipinski definition) is 2.